The second-order valence-corrected chi connectivity index (χ2v) is 5.64. The average Bonchev–Trinajstić information content (AvgIpc) is 2.42. The molecule has 0 atom stereocenters. The lowest BCUT2D eigenvalue weighted by Gasteiger charge is -2.24. The van der Waals surface area contributed by atoms with Gasteiger partial charge in [0.15, 0.2) is 5.11 Å². The smallest absolute Gasteiger partial charge is 0.168 e. The van der Waals surface area contributed by atoms with E-state index < -0.39 is 0 Å². The van der Waals surface area contributed by atoms with Gasteiger partial charge in [0.2, 0.25) is 0 Å². The first-order valence-corrected chi connectivity index (χ1v) is 6.87. The van der Waals surface area contributed by atoms with Crippen LogP contribution in [0.2, 0.25) is 0 Å². The number of nitrogens with zero attached hydrogens (tertiary/aromatic N) is 1. The molecule has 1 aliphatic heterocycles. The van der Waals surface area contributed by atoms with Gasteiger partial charge in [-0.25, -0.2) is 0 Å². The van der Waals surface area contributed by atoms with Gasteiger partial charge in [-0.1, -0.05) is 13.8 Å². The summed E-state index contributed by atoms with van der Waals surface area (Å²) in [5, 5.41) is 4.27. The molecule has 4 heteroatoms. The summed E-state index contributed by atoms with van der Waals surface area (Å²) in [7, 11) is 0. The summed E-state index contributed by atoms with van der Waals surface area (Å²) in [5.74, 6) is 3.15. The van der Waals surface area contributed by atoms with E-state index >= 15 is 0 Å². The third-order valence-corrected chi connectivity index (χ3v) is 3.62. The molecule has 0 saturated carbocycles. The second kappa shape index (κ2) is 6.51. The Labute approximate surface area is 96.8 Å². The molecule has 1 fully saturated rings. The highest BCUT2D eigenvalue weighted by molar-refractivity contribution is 7.99. The summed E-state index contributed by atoms with van der Waals surface area (Å²) in [6.07, 6.45) is 1.26. The van der Waals surface area contributed by atoms with Gasteiger partial charge in [-0.05, 0) is 30.3 Å². The maximum Gasteiger partial charge on any atom is 0.168 e. The van der Waals surface area contributed by atoms with E-state index in [4.69, 9.17) is 12.2 Å². The van der Waals surface area contributed by atoms with Gasteiger partial charge in [-0.15, -0.1) is 0 Å². The number of hydrogen-bond acceptors (Lipinski definition) is 2. The van der Waals surface area contributed by atoms with Crippen molar-refractivity contribution in [3.63, 3.8) is 0 Å². The van der Waals surface area contributed by atoms with Crippen molar-refractivity contribution in [2.75, 3.05) is 31.1 Å². The summed E-state index contributed by atoms with van der Waals surface area (Å²) < 4.78 is 0. The minimum Gasteiger partial charge on any atom is -0.362 e. The molecule has 0 aromatic rings. The fraction of sp³-hybridized carbons (Fsp3) is 0.900. The first-order chi connectivity index (χ1) is 6.70. The molecule has 0 spiro atoms. The van der Waals surface area contributed by atoms with Crippen molar-refractivity contribution in [1.29, 1.82) is 0 Å². The summed E-state index contributed by atoms with van der Waals surface area (Å²) in [4.78, 5) is 2.30. The van der Waals surface area contributed by atoms with Gasteiger partial charge >= 0.3 is 0 Å². The Morgan fingerprint density at radius 3 is 2.93 bits per heavy atom. The van der Waals surface area contributed by atoms with Crippen molar-refractivity contribution in [2.24, 2.45) is 5.92 Å². The van der Waals surface area contributed by atoms with Crippen LogP contribution in [0.15, 0.2) is 0 Å². The SMILES string of the molecule is CC(C)CNC(=S)N1CCCSCC1. The van der Waals surface area contributed by atoms with Crippen LogP contribution in [0, 0.1) is 5.92 Å². The molecule has 0 radical (unpaired) electrons. The first kappa shape index (κ1) is 12.1. The van der Waals surface area contributed by atoms with Crippen LogP contribution in [0.25, 0.3) is 0 Å². The van der Waals surface area contributed by atoms with Crippen LogP contribution >= 0.6 is 24.0 Å². The van der Waals surface area contributed by atoms with Crippen LogP contribution in [0.5, 0.6) is 0 Å². The van der Waals surface area contributed by atoms with Crippen LogP contribution in [-0.2, 0) is 0 Å². The van der Waals surface area contributed by atoms with Crippen molar-refractivity contribution in [3.05, 3.63) is 0 Å². The van der Waals surface area contributed by atoms with Crippen LogP contribution in [0.3, 0.4) is 0 Å². The van der Waals surface area contributed by atoms with Gasteiger partial charge in [-0.2, -0.15) is 11.8 Å². The second-order valence-electron chi connectivity index (χ2n) is 4.03. The third-order valence-electron chi connectivity index (χ3n) is 2.17. The largest absolute Gasteiger partial charge is 0.362 e. The molecule has 1 saturated heterocycles. The van der Waals surface area contributed by atoms with Crippen LogP contribution in [-0.4, -0.2) is 41.2 Å². The average molecular weight is 232 g/mol. The predicted molar refractivity (Wildman–Crippen MR) is 69.0 cm³/mol. The number of nitrogens with one attached hydrogen (secondary N) is 1. The fourth-order valence-electron chi connectivity index (χ4n) is 1.35. The van der Waals surface area contributed by atoms with E-state index in [0.717, 1.165) is 24.7 Å². The molecule has 0 aromatic heterocycles. The van der Waals surface area contributed by atoms with Gasteiger partial charge in [0.1, 0.15) is 0 Å². The highest BCUT2D eigenvalue weighted by Gasteiger charge is 2.11. The highest BCUT2D eigenvalue weighted by atomic mass is 32.2. The normalized spacial score (nSPS) is 18.1. The molecule has 0 aliphatic carbocycles. The molecule has 1 N–H and O–H groups in total. The number of thiocarbonyl (C=S) groups is 1. The Morgan fingerprint density at radius 2 is 2.21 bits per heavy atom. The van der Waals surface area contributed by atoms with E-state index in [9.17, 15) is 0 Å². The van der Waals surface area contributed by atoms with Crippen molar-refractivity contribution in [1.82, 2.24) is 10.2 Å². The van der Waals surface area contributed by atoms with E-state index in [1.807, 2.05) is 11.8 Å². The molecule has 0 bridgehead atoms. The Kier molecular flexibility index (Phi) is 5.63. The summed E-state index contributed by atoms with van der Waals surface area (Å²) >= 11 is 7.39. The molecule has 2 nitrogen and oxygen atoms in total. The fourth-order valence-corrected chi connectivity index (χ4v) is 2.51. The van der Waals surface area contributed by atoms with Gasteiger partial charge in [-0.3, -0.25) is 0 Å². The van der Waals surface area contributed by atoms with E-state index in [1.165, 1.54) is 17.9 Å². The van der Waals surface area contributed by atoms with Crippen molar-refractivity contribution in [2.45, 2.75) is 20.3 Å². The number of rotatable bonds is 2. The predicted octanol–water partition coefficient (Wildman–Crippen LogP) is 1.96. The van der Waals surface area contributed by atoms with E-state index in [0.29, 0.717) is 5.92 Å². The zero-order valence-corrected chi connectivity index (χ0v) is 10.7. The molecule has 0 aromatic carbocycles. The number of hydrogen-bond donors (Lipinski definition) is 1. The molecule has 14 heavy (non-hydrogen) atoms. The zero-order valence-electron chi connectivity index (χ0n) is 9.08. The Balaban J connectivity index is 2.27. The monoisotopic (exact) mass is 232 g/mol. The molecular formula is C10H20N2S2. The molecule has 82 valence electrons. The Hall–Kier alpha value is 0.0400. The molecule has 1 aliphatic rings. The summed E-state index contributed by atoms with van der Waals surface area (Å²) in [6, 6.07) is 0. The van der Waals surface area contributed by atoms with Gasteiger partial charge in [0.05, 0.1) is 0 Å². The highest BCUT2D eigenvalue weighted by Crippen LogP contribution is 2.09. The molecule has 0 amide bonds. The Bertz CT molecular complexity index is 175. The van der Waals surface area contributed by atoms with Crippen LogP contribution < -0.4 is 5.32 Å². The standard InChI is InChI=1S/C10H20N2S2/c1-9(2)8-11-10(13)12-4-3-6-14-7-5-12/h9H,3-8H2,1-2H3,(H,11,13). The maximum atomic E-state index is 5.36. The quantitative estimate of drug-likeness (QED) is 0.732. The minimum atomic E-state index is 0.661. The lowest BCUT2D eigenvalue weighted by Crippen LogP contribution is -2.42. The van der Waals surface area contributed by atoms with Crippen molar-refractivity contribution >= 4 is 29.1 Å². The van der Waals surface area contributed by atoms with E-state index in [-0.39, 0.29) is 0 Å². The van der Waals surface area contributed by atoms with E-state index in [1.54, 1.807) is 0 Å². The van der Waals surface area contributed by atoms with Crippen LogP contribution in [0.4, 0.5) is 0 Å². The minimum absolute atomic E-state index is 0.661. The summed E-state index contributed by atoms with van der Waals surface area (Å²) in [6.45, 7) is 7.62. The van der Waals surface area contributed by atoms with Crippen molar-refractivity contribution < 1.29 is 0 Å². The van der Waals surface area contributed by atoms with Crippen LogP contribution in [0.1, 0.15) is 20.3 Å². The van der Waals surface area contributed by atoms with Crippen molar-refractivity contribution in [3.8, 4) is 0 Å². The van der Waals surface area contributed by atoms with Gasteiger partial charge in [0.25, 0.3) is 0 Å². The zero-order chi connectivity index (χ0) is 10.4. The lowest BCUT2D eigenvalue weighted by atomic mass is 10.2. The molecule has 1 heterocycles. The molecule has 0 unspecified atom stereocenters. The van der Waals surface area contributed by atoms with Gasteiger partial charge in [0, 0.05) is 25.4 Å². The Morgan fingerprint density at radius 1 is 1.43 bits per heavy atom. The lowest BCUT2D eigenvalue weighted by molar-refractivity contribution is 0.437. The summed E-state index contributed by atoms with van der Waals surface area (Å²) in [5.41, 5.74) is 0. The molecule has 1 rings (SSSR count). The third kappa shape index (κ3) is 4.51. The topological polar surface area (TPSA) is 15.3 Å². The van der Waals surface area contributed by atoms with E-state index in [2.05, 4.69) is 24.1 Å². The number of thioether (sulfide) groups is 1. The molecular weight excluding hydrogens is 212 g/mol. The first-order valence-electron chi connectivity index (χ1n) is 5.30. The van der Waals surface area contributed by atoms with Gasteiger partial charge < -0.3 is 10.2 Å². The maximum absolute atomic E-state index is 5.36.